The van der Waals surface area contributed by atoms with Gasteiger partial charge in [-0.15, -0.1) is 0 Å². The summed E-state index contributed by atoms with van der Waals surface area (Å²) in [7, 11) is 1.54. The molecule has 0 aliphatic rings. The Morgan fingerprint density at radius 1 is 1.11 bits per heavy atom. The van der Waals surface area contributed by atoms with Crippen molar-refractivity contribution in [3.8, 4) is 17.2 Å². The quantitative estimate of drug-likeness (QED) is 0.903. The number of aliphatic hydroxyl groups is 1. The summed E-state index contributed by atoms with van der Waals surface area (Å²) < 4.78 is 24.2. The van der Waals surface area contributed by atoms with E-state index in [0.717, 1.165) is 0 Å². The molecule has 0 atom stereocenters. The highest BCUT2D eigenvalue weighted by molar-refractivity contribution is 5.41. The third-order valence-corrected chi connectivity index (χ3v) is 2.48. The van der Waals surface area contributed by atoms with E-state index in [1.54, 1.807) is 37.4 Å². The number of halogens is 1. The maximum Gasteiger partial charge on any atom is 0.168 e. The second-order valence-corrected chi connectivity index (χ2v) is 3.67. The third-order valence-electron chi connectivity index (χ3n) is 2.48. The largest absolute Gasteiger partial charge is 0.497 e. The van der Waals surface area contributed by atoms with Gasteiger partial charge in [0.2, 0.25) is 0 Å². The van der Waals surface area contributed by atoms with E-state index in [0.29, 0.717) is 17.1 Å². The van der Waals surface area contributed by atoms with Crippen LogP contribution in [-0.4, -0.2) is 12.2 Å². The van der Waals surface area contributed by atoms with Gasteiger partial charge in [0.15, 0.2) is 11.6 Å². The molecule has 94 valence electrons. The van der Waals surface area contributed by atoms with Crippen LogP contribution in [0.5, 0.6) is 17.2 Å². The second-order valence-electron chi connectivity index (χ2n) is 3.67. The maximum atomic E-state index is 13.6. The number of hydrogen-bond donors (Lipinski definition) is 1. The van der Waals surface area contributed by atoms with Crippen molar-refractivity contribution in [3.63, 3.8) is 0 Å². The average Bonchev–Trinajstić information content (AvgIpc) is 2.41. The molecular formula is C14H13FO3. The number of hydrogen-bond acceptors (Lipinski definition) is 3. The van der Waals surface area contributed by atoms with Gasteiger partial charge in [-0.1, -0.05) is 18.2 Å². The van der Waals surface area contributed by atoms with E-state index in [-0.39, 0.29) is 12.4 Å². The standard InChI is InChI=1S/C14H13FO3/c1-17-11-5-3-6-12(8-11)18-14-10(9-16)4-2-7-13(14)15/h2-8,16H,9H2,1H3. The number of rotatable bonds is 4. The van der Waals surface area contributed by atoms with Gasteiger partial charge in [0, 0.05) is 11.6 Å². The lowest BCUT2D eigenvalue weighted by atomic mass is 10.2. The van der Waals surface area contributed by atoms with Crippen LogP contribution in [0, 0.1) is 5.82 Å². The Bertz CT molecular complexity index is 540. The summed E-state index contributed by atoms with van der Waals surface area (Å²) in [5.74, 6) is 0.598. The van der Waals surface area contributed by atoms with Gasteiger partial charge >= 0.3 is 0 Å². The smallest absolute Gasteiger partial charge is 0.168 e. The van der Waals surface area contributed by atoms with Crippen molar-refractivity contribution in [2.45, 2.75) is 6.61 Å². The number of aliphatic hydroxyl groups excluding tert-OH is 1. The minimum absolute atomic E-state index is 0.0354. The summed E-state index contributed by atoms with van der Waals surface area (Å²) in [6.07, 6.45) is 0. The first-order valence-corrected chi connectivity index (χ1v) is 5.44. The summed E-state index contributed by atoms with van der Waals surface area (Å²) in [4.78, 5) is 0. The molecule has 4 heteroatoms. The first-order valence-electron chi connectivity index (χ1n) is 5.44. The van der Waals surface area contributed by atoms with E-state index in [9.17, 15) is 4.39 Å². The Kier molecular flexibility index (Phi) is 3.79. The van der Waals surface area contributed by atoms with E-state index in [1.165, 1.54) is 12.1 Å². The lowest BCUT2D eigenvalue weighted by Gasteiger charge is -2.11. The van der Waals surface area contributed by atoms with Crippen molar-refractivity contribution >= 4 is 0 Å². The summed E-state index contributed by atoms with van der Waals surface area (Å²) >= 11 is 0. The Morgan fingerprint density at radius 2 is 1.83 bits per heavy atom. The molecule has 2 rings (SSSR count). The van der Waals surface area contributed by atoms with Crippen LogP contribution in [-0.2, 0) is 6.61 Å². The maximum absolute atomic E-state index is 13.6. The minimum atomic E-state index is -0.510. The van der Waals surface area contributed by atoms with Crippen LogP contribution in [0.2, 0.25) is 0 Å². The number of benzene rings is 2. The molecular weight excluding hydrogens is 235 g/mol. The van der Waals surface area contributed by atoms with E-state index < -0.39 is 5.82 Å². The van der Waals surface area contributed by atoms with Crippen LogP contribution in [0.25, 0.3) is 0 Å². The molecule has 2 aromatic carbocycles. The molecule has 0 aliphatic carbocycles. The molecule has 0 spiro atoms. The SMILES string of the molecule is COc1cccc(Oc2c(F)cccc2CO)c1. The Labute approximate surface area is 104 Å². The van der Waals surface area contributed by atoms with Gasteiger partial charge in [-0.25, -0.2) is 4.39 Å². The zero-order chi connectivity index (χ0) is 13.0. The van der Waals surface area contributed by atoms with Crippen LogP contribution in [0.1, 0.15) is 5.56 Å². The molecule has 0 aromatic heterocycles. The van der Waals surface area contributed by atoms with Crippen molar-refractivity contribution < 1.29 is 19.0 Å². The Balaban J connectivity index is 2.33. The van der Waals surface area contributed by atoms with Crippen LogP contribution in [0.15, 0.2) is 42.5 Å². The normalized spacial score (nSPS) is 10.2. The number of para-hydroxylation sites is 1. The van der Waals surface area contributed by atoms with Crippen molar-refractivity contribution in [1.29, 1.82) is 0 Å². The fourth-order valence-corrected chi connectivity index (χ4v) is 1.57. The number of methoxy groups -OCH3 is 1. The van der Waals surface area contributed by atoms with Gasteiger partial charge in [0.1, 0.15) is 11.5 Å². The molecule has 1 N–H and O–H groups in total. The molecule has 0 unspecified atom stereocenters. The van der Waals surface area contributed by atoms with Crippen molar-refractivity contribution in [1.82, 2.24) is 0 Å². The van der Waals surface area contributed by atoms with Gasteiger partial charge in [-0.05, 0) is 18.2 Å². The highest BCUT2D eigenvalue weighted by Gasteiger charge is 2.10. The monoisotopic (exact) mass is 248 g/mol. The predicted molar refractivity (Wildman–Crippen MR) is 65.4 cm³/mol. The van der Waals surface area contributed by atoms with E-state index in [2.05, 4.69) is 0 Å². The van der Waals surface area contributed by atoms with Crippen molar-refractivity contribution in [3.05, 3.63) is 53.8 Å². The van der Waals surface area contributed by atoms with Gasteiger partial charge in [-0.3, -0.25) is 0 Å². The molecule has 0 heterocycles. The van der Waals surface area contributed by atoms with Crippen LogP contribution >= 0.6 is 0 Å². The van der Waals surface area contributed by atoms with Crippen LogP contribution < -0.4 is 9.47 Å². The average molecular weight is 248 g/mol. The molecule has 0 saturated heterocycles. The van der Waals surface area contributed by atoms with Crippen LogP contribution in [0.3, 0.4) is 0 Å². The van der Waals surface area contributed by atoms with Gasteiger partial charge in [0.25, 0.3) is 0 Å². The molecule has 18 heavy (non-hydrogen) atoms. The zero-order valence-corrected chi connectivity index (χ0v) is 9.89. The predicted octanol–water partition coefficient (Wildman–Crippen LogP) is 3.12. The topological polar surface area (TPSA) is 38.7 Å². The summed E-state index contributed by atoms with van der Waals surface area (Å²) in [5.41, 5.74) is 0.401. The molecule has 0 fully saturated rings. The zero-order valence-electron chi connectivity index (χ0n) is 9.89. The molecule has 3 nitrogen and oxygen atoms in total. The van der Waals surface area contributed by atoms with E-state index in [1.807, 2.05) is 0 Å². The third kappa shape index (κ3) is 2.60. The first kappa shape index (κ1) is 12.4. The second kappa shape index (κ2) is 5.51. The lowest BCUT2D eigenvalue weighted by Crippen LogP contribution is -1.95. The minimum Gasteiger partial charge on any atom is -0.497 e. The Morgan fingerprint density at radius 3 is 2.56 bits per heavy atom. The molecule has 0 amide bonds. The Hall–Kier alpha value is -2.07. The molecule has 0 aliphatic heterocycles. The number of ether oxygens (including phenoxy) is 2. The fourth-order valence-electron chi connectivity index (χ4n) is 1.57. The summed E-state index contributed by atoms with van der Waals surface area (Å²) in [5, 5.41) is 9.15. The fraction of sp³-hybridized carbons (Fsp3) is 0.143. The summed E-state index contributed by atoms with van der Waals surface area (Å²) in [6.45, 7) is -0.281. The van der Waals surface area contributed by atoms with Gasteiger partial charge < -0.3 is 14.6 Å². The summed E-state index contributed by atoms with van der Waals surface area (Å²) in [6, 6.07) is 11.3. The lowest BCUT2D eigenvalue weighted by molar-refractivity contribution is 0.274. The highest BCUT2D eigenvalue weighted by Crippen LogP contribution is 2.30. The van der Waals surface area contributed by atoms with Crippen LogP contribution in [0.4, 0.5) is 4.39 Å². The highest BCUT2D eigenvalue weighted by atomic mass is 19.1. The molecule has 0 bridgehead atoms. The van der Waals surface area contributed by atoms with E-state index >= 15 is 0 Å². The van der Waals surface area contributed by atoms with Gasteiger partial charge in [0.05, 0.1) is 13.7 Å². The van der Waals surface area contributed by atoms with Gasteiger partial charge in [-0.2, -0.15) is 0 Å². The molecule has 0 radical (unpaired) electrons. The molecule has 2 aromatic rings. The molecule has 0 saturated carbocycles. The van der Waals surface area contributed by atoms with E-state index in [4.69, 9.17) is 14.6 Å². The van der Waals surface area contributed by atoms with Crippen molar-refractivity contribution in [2.24, 2.45) is 0 Å². The first-order chi connectivity index (χ1) is 8.74. The van der Waals surface area contributed by atoms with Crippen molar-refractivity contribution in [2.75, 3.05) is 7.11 Å².